The van der Waals surface area contributed by atoms with Crippen LogP contribution in [0.3, 0.4) is 0 Å². The van der Waals surface area contributed by atoms with Gasteiger partial charge in [-0.15, -0.1) is 0 Å². The summed E-state index contributed by atoms with van der Waals surface area (Å²) in [5, 5.41) is 0. The molecule has 4 heteroatoms. The lowest BCUT2D eigenvalue weighted by molar-refractivity contribution is -0.118. The minimum atomic E-state index is -0.223. The molecule has 3 aromatic carbocycles. The maximum Gasteiger partial charge on any atom is 0.239 e. The van der Waals surface area contributed by atoms with Gasteiger partial charge in [0.2, 0.25) is 5.91 Å². The number of carbonyl (C=O) groups is 1. The van der Waals surface area contributed by atoms with Crippen molar-refractivity contribution in [2.24, 2.45) is 0 Å². The second-order valence-corrected chi connectivity index (χ2v) is 6.74. The number of benzene rings is 3. The molecule has 0 N–H and O–H groups in total. The zero-order valence-electron chi connectivity index (χ0n) is 16.1. The molecule has 0 spiro atoms. The van der Waals surface area contributed by atoms with Crippen LogP contribution in [0.2, 0.25) is 0 Å². The zero-order chi connectivity index (χ0) is 19.5. The molecule has 0 saturated carbocycles. The van der Waals surface area contributed by atoms with E-state index in [2.05, 4.69) is 0 Å². The average molecular weight is 373 g/mol. The van der Waals surface area contributed by atoms with Crippen molar-refractivity contribution in [2.45, 2.75) is 19.3 Å². The van der Waals surface area contributed by atoms with Crippen molar-refractivity contribution in [3.8, 4) is 11.5 Å². The zero-order valence-corrected chi connectivity index (χ0v) is 16.1. The van der Waals surface area contributed by atoms with Crippen LogP contribution in [0.4, 0.5) is 11.4 Å². The maximum absolute atomic E-state index is 13.4. The van der Waals surface area contributed by atoms with Gasteiger partial charge in [0.1, 0.15) is 0 Å². The Hall–Kier alpha value is -3.27. The molecule has 1 atom stereocenters. The molecule has 0 aromatic heterocycles. The third kappa shape index (κ3) is 3.22. The number of hydrogen-bond donors (Lipinski definition) is 0. The Kier molecular flexibility index (Phi) is 5.02. The number of para-hydroxylation sites is 2. The molecule has 28 heavy (non-hydrogen) atoms. The van der Waals surface area contributed by atoms with Crippen molar-refractivity contribution in [2.75, 3.05) is 18.6 Å². The number of anilines is 2. The van der Waals surface area contributed by atoms with E-state index in [1.54, 1.807) is 7.11 Å². The van der Waals surface area contributed by atoms with E-state index >= 15 is 0 Å². The summed E-state index contributed by atoms with van der Waals surface area (Å²) < 4.78 is 11.1. The predicted octanol–water partition coefficient (Wildman–Crippen LogP) is 5.10. The number of carbonyl (C=O) groups excluding carboxylic acids is 1. The van der Waals surface area contributed by atoms with Crippen LogP contribution in [0.1, 0.15) is 24.0 Å². The molecule has 0 aliphatic carbocycles. The van der Waals surface area contributed by atoms with E-state index in [1.165, 1.54) is 0 Å². The molecule has 0 saturated heterocycles. The molecule has 1 aliphatic rings. The van der Waals surface area contributed by atoms with Crippen LogP contribution < -0.4 is 14.4 Å². The lowest BCUT2D eigenvalue weighted by Gasteiger charge is -2.18. The fourth-order valence-electron chi connectivity index (χ4n) is 3.78. The van der Waals surface area contributed by atoms with E-state index < -0.39 is 0 Å². The fourth-order valence-corrected chi connectivity index (χ4v) is 3.78. The first kappa shape index (κ1) is 18.1. The van der Waals surface area contributed by atoms with Crippen molar-refractivity contribution in [3.05, 3.63) is 83.9 Å². The summed E-state index contributed by atoms with van der Waals surface area (Å²) in [4.78, 5) is 15.2. The minimum Gasteiger partial charge on any atom is -0.493 e. The van der Waals surface area contributed by atoms with Gasteiger partial charge in [-0.3, -0.25) is 9.69 Å². The Morgan fingerprint density at radius 3 is 2.43 bits per heavy atom. The van der Waals surface area contributed by atoms with Gasteiger partial charge in [-0.25, -0.2) is 0 Å². The predicted molar refractivity (Wildman–Crippen MR) is 111 cm³/mol. The quantitative estimate of drug-likeness (QED) is 0.603. The highest BCUT2D eigenvalue weighted by atomic mass is 16.5. The molecule has 4 rings (SSSR count). The fraction of sp³-hybridized carbons (Fsp3) is 0.208. The summed E-state index contributed by atoms with van der Waals surface area (Å²) in [6.45, 7) is 2.52. The number of fused-ring (bicyclic) bond motifs is 1. The summed E-state index contributed by atoms with van der Waals surface area (Å²) in [7, 11) is 1.63. The second kappa shape index (κ2) is 7.77. The van der Waals surface area contributed by atoms with Crippen molar-refractivity contribution >= 4 is 17.3 Å². The van der Waals surface area contributed by atoms with Crippen LogP contribution in [0.15, 0.2) is 72.8 Å². The monoisotopic (exact) mass is 373 g/mol. The third-order valence-corrected chi connectivity index (χ3v) is 5.05. The topological polar surface area (TPSA) is 38.8 Å². The van der Waals surface area contributed by atoms with E-state index in [0.29, 0.717) is 18.8 Å². The normalized spacial score (nSPS) is 15.4. The van der Waals surface area contributed by atoms with E-state index in [9.17, 15) is 4.79 Å². The van der Waals surface area contributed by atoms with Crippen LogP contribution in [0.25, 0.3) is 0 Å². The maximum atomic E-state index is 13.4. The van der Waals surface area contributed by atoms with Crippen LogP contribution in [-0.2, 0) is 11.2 Å². The van der Waals surface area contributed by atoms with Gasteiger partial charge >= 0.3 is 0 Å². The lowest BCUT2D eigenvalue weighted by atomic mass is 9.93. The van der Waals surface area contributed by atoms with Gasteiger partial charge in [0, 0.05) is 5.69 Å². The Balaban J connectivity index is 1.68. The number of nitrogens with zero attached hydrogens (tertiary/aromatic N) is 1. The number of methoxy groups -OCH3 is 1. The standard InChI is InChI=1S/C24H23NO3/c1-3-28-22-14-13-17(16-23(22)27-2)15-20-19-11-7-8-12-21(19)25(24(20)26)18-9-5-4-6-10-18/h4-14,16,20H,3,15H2,1-2H3/t20-/m0/s1. The molecule has 1 aliphatic heterocycles. The summed E-state index contributed by atoms with van der Waals surface area (Å²) in [5.74, 6) is 1.29. The van der Waals surface area contributed by atoms with Crippen LogP contribution >= 0.6 is 0 Å². The first-order chi connectivity index (χ1) is 13.7. The highest BCUT2D eigenvalue weighted by Gasteiger charge is 2.37. The van der Waals surface area contributed by atoms with Gasteiger partial charge < -0.3 is 9.47 Å². The van der Waals surface area contributed by atoms with Crippen LogP contribution in [-0.4, -0.2) is 19.6 Å². The Bertz CT molecular complexity index is 984. The van der Waals surface area contributed by atoms with Crippen LogP contribution in [0, 0.1) is 0 Å². The van der Waals surface area contributed by atoms with Crippen LogP contribution in [0.5, 0.6) is 11.5 Å². The molecule has 0 radical (unpaired) electrons. The summed E-state index contributed by atoms with van der Waals surface area (Å²) in [5.41, 5.74) is 3.96. The smallest absolute Gasteiger partial charge is 0.239 e. The highest BCUT2D eigenvalue weighted by molar-refractivity contribution is 6.10. The summed E-state index contributed by atoms with van der Waals surface area (Å²) in [6, 6.07) is 23.7. The van der Waals surface area contributed by atoms with Gasteiger partial charge in [0.25, 0.3) is 0 Å². The van der Waals surface area contributed by atoms with Gasteiger partial charge in [-0.1, -0.05) is 42.5 Å². The molecule has 0 unspecified atom stereocenters. The van der Waals surface area contributed by atoms with Crippen molar-refractivity contribution in [3.63, 3.8) is 0 Å². The number of ether oxygens (including phenoxy) is 2. The Morgan fingerprint density at radius 2 is 1.68 bits per heavy atom. The van der Waals surface area contributed by atoms with E-state index in [-0.39, 0.29) is 11.8 Å². The summed E-state index contributed by atoms with van der Waals surface area (Å²) >= 11 is 0. The minimum absolute atomic E-state index is 0.0975. The van der Waals surface area contributed by atoms with Crippen molar-refractivity contribution < 1.29 is 14.3 Å². The summed E-state index contributed by atoms with van der Waals surface area (Å²) in [6.07, 6.45) is 0.613. The molecule has 0 bridgehead atoms. The molecule has 0 fully saturated rings. The largest absolute Gasteiger partial charge is 0.493 e. The Morgan fingerprint density at radius 1 is 0.929 bits per heavy atom. The van der Waals surface area contributed by atoms with Crippen molar-refractivity contribution in [1.82, 2.24) is 0 Å². The first-order valence-electron chi connectivity index (χ1n) is 9.50. The van der Waals surface area contributed by atoms with E-state index in [0.717, 1.165) is 28.3 Å². The third-order valence-electron chi connectivity index (χ3n) is 5.05. The van der Waals surface area contributed by atoms with Gasteiger partial charge in [-0.05, 0) is 54.8 Å². The molecule has 3 aromatic rings. The van der Waals surface area contributed by atoms with Gasteiger partial charge in [-0.2, -0.15) is 0 Å². The van der Waals surface area contributed by atoms with Gasteiger partial charge in [0.05, 0.1) is 25.3 Å². The molecule has 4 nitrogen and oxygen atoms in total. The number of hydrogen-bond acceptors (Lipinski definition) is 3. The second-order valence-electron chi connectivity index (χ2n) is 6.74. The lowest BCUT2D eigenvalue weighted by Crippen LogP contribution is -2.24. The average Bonchev–Trinajstić information content (AvgIpc) is 3.01. The number of rotatable bonds is 6. The molecule has 142 valence electrons. The highest BCUT2D eigenvalue weighted by Crippen LogP contribution is 2.43. The first-order valence-corrected chi connectivity index (χ1v) is 9.50. The van der Waals surface area contributed by atoms with Gasteiger partial charge in [0.15, 0.2) is 11.5 Å². The number of amides is 1. The molecular formula is C24H23NO3. The van der Waals surface area contributed by atoms with E-state index in [4.69, 9.17) is 9.47 Å². The SMILES string of the molecule is CCOc1ccc(C[C@@H]2C(=O)N(c3ccccc3)c3ccccc32)cc1OC. The Labute approximate surface area is 165 Å². The molecule has 1 heterocycles. The molecular weight excluding hydrogens is 350 g/mol. The van der Waals surface area contributed by atoms with Crippen molar-refractivity contribution in [1.29, 1.82) is 0 Å². The molecule has 1 amide bonds. The van der Waals surface area contributed by atoms with E-state index in [1.807, 2.05) is 84.6 Å².